The molecule has 1 aliphatic rings. The summed E-state index contributed by atoms with van der Waals surface area (Å²) in [4.78, 5) is 33.9. The fourth-order valence-electron chi connectivity index (χ4n) is 5.28. The number of allylic oxidation sites excluding steroid dienone is 1. The van der Waals surface area contributed by atoms with Gasteiger partial charge in [0.15, 0.2) is 4.80 Å². The quantitative estimate of drug-likeness (QED) is 0.106. The van der Waals surface area contributed by atoms with E-state index in [0.717, 1.165) is 21.7 Å². The molecule has 0 spiro atoms. The molecule has 6 rings (SSSR count). The Labute approximate surface area is 278 Å². The topological polar surface area (TPSA) is 87.7 Å². The molecule has 0 radical (unpaired) electrons. The fourth-order valence-corrected chi connectivity index (χ4v) is 6.99. The van der Waals surface area contributed by atoms with Crippen LogP contribution >= 0.6 is 34.7 Å². The van der Waals surface area contributed by atoms with Crippen LogP contribution in [0.4, 0.5) is 0 Å². The van der Waals surface area contributed by atoms with Crippen molar-refractivity contribution in [2.45, 2.75) is 17.9 Å². The van der Waals surface area contributed by atoms with Crippen LogP contribution in [0.1, 0.15) is 24.1 Å². The Morgan fingerprint density at radius 1 is 1.13 bits per heavy atom. The van der Waals surface area contributed by atoms with Gasteiger partial charge in [-0.15, -0.1) is 11.8 Å². The number of carbonyl (C=O) groups is 1. The molecule has 46 heavy (non-hydrogen) atoms. The van der Waals surface area contributed by atoms with E-state index in [9.17, 15) is 9.59 Å². The van der Waals surface area contributed by atoms with Crippen LogP contribution in [0.2, 0.25) is 5.02 Å². The lowest BCUT2D eigenvalue weighted by atomic mass is 9.96. The number of para-hydroxylation sites is 1. The number of ether oxygens (including phenoxy) is 2. The molecular weight excluding hydrogens is 640 g/mol. The first-order valence-corrected chi connectivity index (χ1v) is 16.7. The number of hydrogen-bond acceptors (Lipinski definition) is 8. The first kappa shape index (κ1) is 31.3. The summed E-state index contributed by atoms with van der Waals surface area (Å²) in [7, 11) is 1.56. The molecule has 1 aliphatic heterocycles. The second-order valence-corrected chi connectivity index (χ2v) is 12.6. The third kappa shape index (κ3) is 5.99. The van der Waals surface area contributed by atoms with E-state index < -0.39 is 12.0 Å². The number of rotatable bonds is 9. The van der Waals surface area contributed by atoms with Gasteiger partial charge in [-0.05, 0) is 67.3 Å². The van der Waals surface area contributed by atoms with E-state index in [2.05, 4.69) is 6.58 Å². The van der Waals surface area contributed by atoms with Crippen LogP contribution in [-0.4, -0.2) is 40.3 Å². The Kier molecular flexibility index (Phi) is 9.12. The largest absolute Gasteiger partial charge is 0.495 e. The number of halogens is 1. The summed E-state index contributed by atoms with van der Waals surface area (Å²) >= 11 is 9.37. The van der Waals surface area contributed by atoms with Crippen molar-refractivity contribution in [3.05, 3.63) is 139 Å². The average molecular weight is 669 g/mol. The summed E-state index contributed by atoms with van der Waals surface area (Å²) in [6.07, 6.45) is 7.19. The van der Waals surface area contributed by atoms with Crippen molar-refractivity contribution in [2.24, 2.45) is 4.99 Å². The van der Waals surface area contributed by atoms with Gasteiger partial charge in [0, 0.05) is 22.2 Å². The SMILES string of the molecule is C=CCOC(=O)C1=C(C)N=c2sc(=Cc3cn(-c4ccccc4)nc3-c3ccc(OC)c(Cl)c3)c(=O)n2C1c1ccc(SC)cc1. The predicted octanol–water partition coefficient (Wildman–Crippen LogP) is 6.20. The van der Waals surface area contributed by atoms with E-state index >= 15 is 0 Å². The molecule has 0 saturated carbocycles. The Bertz CT molecular complexity index is 2170. The van der Waals surface area contributed by atoms with Crippen LogP contribution in [0.5, 0.6) is 5.75 Å². The van der Waals surface area contributed by atoms with Crippen LogP contribution in [0, 0.1) is 0 Å². The number of carbonyl (C=O) groups excluding carboxylic acids is 1. The Morgan fingerprint density at radius 2 is 1.89 bits per heavy atom. The zero-order valence-corrected chi connectivity index (χ0v) is 27.7. The molecular formula is C35H29ClN4O4S2. The second-order valence-electron chi connectivity index (χ2n) is 10.3. The molecule has 11 heteroatoms. The molecule has 232 valence electrons. The molecule has 1 unspecified atom stereocenters. The van der Waals surface area contributed by atoms with Crippen molar-refractivity contribution < 1.29 is 14.3 Å². The molecule has 0 N–H and O–H groups in total. The van der Waals surface area contributed by atoms with Crippen LogP contribution in [0.15, 0.2) is 118 Å². The third-order valence-corrected chi connectivity index (χ3v) is 9.50. The maximum Gasteiger partial charge on any atom is 0.338 e. The van der Waals surface area contributed by atoms with Crippen molar-refractivity contribution >= 4 is 46.7 Å². The molecule has 0 saturated heterocycles. The lowest BCUT2D eigenvalue weighted by Gasteiger charge is -2.24. The summed E-state index contributed by atoms with van der Waals surface area (Å²) in [5.74, 6) is 0.00306. The van der Waals surface area contributed by atoms with Crippen molar-refractivity contribution in [3.8, 4) is 22.7 Å². The molecule has 0 amide bonds. The van der Waals surface area contributed by atoms with Gasteiger partial charge >= 0.3 is 5.97 Å². The van der Waals surface area contributed by atoms with E-state index in [4.69, 9.17) is 31.2 Å². The van der Waals surface area contributed by atoms with Gasteiger partial charge in [0.25, 0.3) is 5.56 Å². The molecule has 8 nitrogen and oxygen atoms in total. The number of hydrogen-bond donors (Lipinski definition) is 0. The number of methoxy groups -OCH3 is 1. The van der Waals surface area contributed by atoms with Crippen LogP contribution < -0.4 is 19.6 Å². The number of fused-ring (bicyclic) bond motifs is 1. The highest BCUT2D eigenvalue weighted by Crippen LogP contribution is 2.33. The number of thioether (sulfide) groups is 1. The van der Waals surface area contributed by atoms with Gasteiger partial charge in [-0.3, -0.25) is 9.36 Å². The van der Waals surface area contributed by atoms with Crippen molar-refractivity contribution in [1.82, 2.24) is 14.3 Å². The summed E-state index contributed by atoms with van der Waals surface area (Å²) in [6, 6.07) is 22.3. The molecule has 5 aromatic rings. The zero-order valence-electron chi connectivity index (χ0n) is 25.3. The van der Waals surface area contributed by atoms with Gasteiger partial charge in [0.05, 0.1) is 39.7 Å². The number of esters is 1. The highest BCUT2D eigenvalue weighted by atomic mass is 35.5. The average Bonchev–Trinajstić information content (AvgIpc) is 3.63. The van der Waals surface area contributed by atoms with Crippen LogP contribution in [0.25, 0.3) is 23.0 Å². The summed E-state index contributed by atoms with van der Waals surface area (Å²) in [5.41, 5.74) is 4.25. The van der Waals surface area contributed by atoms with Crippen LogP contribution in [-0.2, 0) is 9.53 Å². The monoisotopic (exact) mass is 668 g/mol. The Balaban J connectivity index is 1.55. The normalized spacial score (nSPS) is 14.5. The van der Waals surface area contributed by atoms with Gasteiger partial charge in [0.1, 0.15) is 18.1 Å². The molecule has 3 aromatic carbocycles. The number of aromatic nitrogens is 3. The minimum absolute atomic E-state index is 0.0434. The first-order valence-electron chi connectivity index (χ1n) is 14.3. The van der Waals surface area contributed by atoms with Gasteiger partial charge in [-0.2, -0.15) is 5.10 Å². The second kappa shape index (κ2) is 13.4. The van der Waals surface area contributed by atoms with Gasteiger partial charge in [-0.25, -0.2) is 14.5 Å². The highest BCUT2D eigenvalue weighted by Gasteiger charge is 2.33. The van der Waals surface area contributed by atoms with E-state index in [0.29, 0.717) is 42.6 Å². The van der Waals surface area contributed by atoms with Crippen LogP contribution in [0.3, 0.4) is 0 Å². The fraction of sp³-hybridized carbons (Fsp3) is 0.143. The smallest absolute Gasteiger partial charge is 0.338 e. The number of benzene rings is 3. The summed E-state index contributed by atoms with van der Waals surface area (Å²) in [5, 5.41) is 5.33. The van der Waals surface area contributed by atoms with E-state index in [1.165, 1.54) is 17.4 Å². The zero-order chi connectivity index (χ0) is 32.4. The number of thiazole rings is 1. The lowest BCUT2D eigenvalue weighted by Crippen LogP contribution is -2.39. The van der Waals surface area contributed by atoms with Crippen molar-refractivity contribution in [2.75, 3.05) is 20.0 Å². The van der Waals surface area contributed by atoms with Gasteiger partial charge in [0.2, 0.25) is 0 Å². The Hall–Kier alpha value is -4.64. The molecule has 0 fully saturated rings. The molecule has 0 aliphatic carbocycles. The maximum absolute atomic E-state index is 14.3. The molecule has 1 atom stereocenters. The standard InChI is InChI=1S/C35H29ClN4O4S2/c1-5-17-44-34(42)30-21(2)37-35-40(32(30)22-11-14-26(45-4)15-12-22)33(41)29(46-35)19-24-20-39(25-9-7-6-8-10-25)38-31(24)23-13-16-28(43-3)27(36)18-23/h5-16,18-20,32H,1,17H2,2-4H3. The third-order valence-electron chi connectivity index (χ3n) is 7.48. The van der Waals surface area contributed by atoms with Gasteiger partial charge < -0.3 is 9.47 Å². The minimum Gasteiger partial charge on any atom is -0.495 e. The molecule has 2 aromatic heterocycles. The van der Waals surface area contributed by atoms with E-state index in [-0.39, 0.29) is 12.2 Å². The summed E-state index contributed by atoms with van der Waals surface area (Å²) in [6.45, 7) is 5.46. The van der Waals surface area contributed by atoms with E-state index in [1.807, 2.05) is 79.2 Å². The number of nitrogens with zero attached hydrogens (tertiary/aromatic N) is 4. The van der Waals surface area contributed by atoms with Gasteiger partial charge in [-0.1, -0.05) is 65.9 Å². The first-order chi connectivity index (χ1) is 22.3. The molecule has 3 heterocycles. The highest BCUT2D eigenvalue weighted by molar-refractivity contribution is 7.98. The Morgan fingerprint density at radius 3 is 2.57 bits per heavy atom. The maximum atomic E-state index is 14.3. The van der Waals surface area contributed by atoms with Crippen molar-refractivity contribution in [3.63, 3.8) is 0 Å². The predicted molar refractivity (Wildman–Crippen MR) is 184 cm³/mol. The lowest BCUT2D eigenvalue weighted by molar-refractivity contribution is -0.138. The van der Waals surface area contributed by atoms with Crippen molar-refractivity contribution in [1.29, 1.82) is 0 Å². The summed E-state index contributed by atoms with van der Waals surface area (Å²) < 4.78 is 14.6. The molecule has 0 bridgehead atoms. The van der Waals surface area contributed by atoms with E-state index in [1.54, 1.807) is 47.2 Å². The minimum atomic E-state index is -0.724.